The lowest BCUT2D eigenvalue weighted by Crippen LogP contribution is -2.43. The summed E-state index contributed by atoms with van der Waals surface area (Å²) in [6.07, 6.45) is 0. The van der Waals surface area contributed by atoms with Gasteiger partial charge in [0.2, 0.25) is 0 Å². The number of phenolic OH excluding ortho intramolecular Hbond substituents is 1. The molecule has 6 heteroatoms. The van der Waals surface area contributed by atoms with Crippen molar-refractivity contribution in [2.45, 2.75) is 6.92 Å². The molecule has 0 saturated heterocycles. The van der Waals surface area contributed by atoms with Crippen LogP contribution in [-0.4, -0.2) is 17.0 Å². The molecule has 0 unspecified atom stereocenters. The van der Waals surface area contributed by atoms with Crippen LogP contribution in [0, 0.1) is 6.92 Å². The van der Waals surface area contributed by atoms with E-state index in [2.05, 4.69) is 16.2 Å². The predicted molar refractivity (Wildman–Crippen MR) is 78.9 cm³/mol. The predicted octanol–water partition coefficient (Wildman–Crippen LogP) is 2.17. The minimum atomic E-state index is -0.561. The number of hydrazine groups is 1. The van der Waals surface area contributed by atoms with Gasteiger partial charge in [-0.3, -0.25) is 10.2 Å². The SMILES string of the molecule is Cc1cccc(NC(=O)NNC(=O)c2cccc(O)c2)c1. The Hall–Kier alpha value is -3.02. The van der Waals surface area contributed by atoms with Gasteiger partial charge in [0.25, 0.3) is 5.91 Å². The van der Waals surface area contributed by atoms with Gasteiger partial charge < -0.3 is 10.4 Å². The van der Waals surface area contributed by atoms with E-state index in [4.69, 9.17) is 0 Å². The molecular weight excluding hydrogens is 270 g/mol. The number of phenols is 1. The molecule has 108 valence electrons. The number of carbonyl (C=O) groups excluding carboxylic acids is 2. The zero-order chi connectivity index (χ0) is 15.2. The van der Waals surface area contributed by atoms with Crippen LogP contribution in [0.4, 0.5) is 10.5 Å². The summed E-state index contributed by atoms with van der Waals surface area (Å²) in [7, 11) is 0. The second-order valence-electron chi connectivity index (χ2n) is 4.45. The number of aryl methyl sites for hydroxylation is 1. The zero-order valence-corrected chi connectivity index (χ0v) is 11.4. The molecule has 4 N–H and O–H groups in total. The molecule has 0 aliphatic heterocycles. The van der Waals surface area contributed by atoms with Gasteiger partial charge in [-0.05, 0) is 42.8 Å². The zero-order valence-electron chi connectivity index (χ0n) is 11.4. The van der Waals surface area contributed by atoms with Gasteiger partial charge in [-0.25, -0.2) is 10.2 Å². The van der Waals surface area contributed by atoms with Gasteiger partial charge in [0.05, 0.1) is 0 Å². The maximum atomic E-state index is 11.7. The average Bonchev–Trinajstić information content (AvgIpc) is 2.45. The van der Waals surface area contributed by atoms with Crippen molar-refractivity contribution in [1.29, 1.82) is 0 Å². The van der Waals surface area contributed by atoms with Crippen molar-refractivity contribution in [2.75, 3.05) is 5.32 Å². The highest BCUT2D eigenvalue weighted by molar-refractivity contribution is 5.97. The fraction of sp³-hybridized carbons (Fsp3) is 0.0667. The van der Waals surface area contributed by atoms with E-state index in [1.54, 1.807) is 12.1 Å². The Kier molecular flexibility index (Phi) is 4.40. The van der Waals surface area contributed by atoms with E-state index in [0.717, 1.165) is 5.56 Å². The second kappa shape index (κ2) is 6.42. The third-order valence-electron chi connectivity index (χ3n) is 2.67. The summed E-state index contributed by atoms with van der Waals surface area (Å²) in [5, 5.41) is 11.9. The number of benzene rings is 2. The van der Waals surface area contributed by atoms with Crippen molar-refractivity contribution >= 4 is 17.6 Å². The fourth-order valence-electron chi connectivity index (χ4n) is 1.72. The quantitative estimate of drug-likeness (QED) is 0.637. The Balaban J connectivity index is 1.88. The van der Waals surface area contributed by atoms with Gasteiger partial charge >= 0.3 is 6.03 Å². The van der Waals surface area contributed by atoms with Gasteiger partial charge in [0.1, 0.15) is 5.75 Å². The Morgan fingerprint density at radius 1 is 1.00 bits per heavy atom. The number of urea groups is 1. The molecule has 0 aliphatic carbocycles. The summed E-state index contributed by atoms with van der Waals surface area (Å²) in [4.78, 5) is 23.4. The lowest BCUT2D eigenvalue weighted by molar-refractivity contribution is 0.0937. The molecule has 0 bridgehead atoms. The highest BCUT2D eigenvalue weighted by Gasteiger charge is 2.07. The van der Waals surface area contributed by atoms with E-state index in [1.807, 2.05) is 19.1 Å². The number of hydrogen-bond donors (Lipinski definition) is 4. The van der Waals surface area contributed by atoms with Crippen molar-refractivity contribution in [3.05, 3.63) is 59.7 Å². The lowest BCUT2D eigenvalue weighted by atomic mass is 10.2. The molecule has 3 amide bonds. The second-order valence-corrected chi connectivity index (χ2v) is 4.45. The highest BCUT2D eigenvalue weighted by Crippen LogP contribution is 2.10. The molecule has 0 aromatic heterocycles. The molecular formula is C15H15N3O3. The van der Waals surface area contributed by atoms with Crippen molar-refractivity contribution in [3.8, 4) is 5.75 Å². The summed E-state index contributed by atoms with van der Waals surface area (Å²) < 4.78 is 0. The number of rotatable bonds is 2. The number of anilines is 1. The maximum Gasteiger partial charge on any atom is 0.337 e. The van der Waals surface area contributed by atoms with Crippen LogP contribution < -0.4 is 16.2 Å². The summed E-state index contributed by atoms with van der Waals surface area (Å²) >= 11 is 0. The van der Waals surface area contributed by atoms with Gasteiger partial charge in [-0.1, -0.05) is 18.2 Å². The first kappa shape index (κ1) is 14.4. The molecule has 6 nitrogen and oxygen atoms in total. The van der Waals surface area contributed by atoms with E-state index in [1.165, 1.54) is 24.3 Å². The molecule has 2 rings (SSSR count). The first-order valence-electron chi connectivity index (χ1n) is 6.27. The molecule has 0 fully saturated rings. The standard InChI is InChI=1S/C15H15N3O3/c1-10-4-2-6-12(8-10)16-15(21)18-17-14(20)11-5-3-7-13(19)9-11/h2-9,19H,1H3,(H,17,20)(H2,16,18,21). The molecule has 2 aromatic carbocycles. The van der Waals surface area contributed by atoms with E-state index < -0.39 is 11.9 Å². The molecule has 0 spiro atoms. The Bertz CT molecular complexity index is 671. The van der Waals surface area contributed by atoms with Crippen LogP contribution in [0.1, 0.15) is 15.9 Å². The van der Waals surface area contributed by atoms with Crippen molar-refractivity contribution in [2.24, 2.45) is 0 Å². The molecule has 2 aromatic rings. The van der Waals surface area contributed by atoms with Crippen LogP contribution in [0.2, 0.25) is 0 Å². The molecule has 0 radical (unpaired) electrons. The van der Waals surface area contributed by atoms with E-state index in [-0.39, 0.29) is 11.3 Å². The topological polar surface area (TPSA) is 90.5 Å². The smallest absolute Gasteiger partial charge is 0.337 e. The monoisotopic (exact) mass is 285 g/mol. The average molecular weight is 285 g/mol. The third-order valence-corrected chi connectivity index (χ3v) is 2.67. The number of aromatic hydroxyl groups is 1. The van der Waals surface area contributed by atoms with Crippen LogP contribution in [-0.2, 0) is 0 Å². The Morgan fingerprint density at radius 2 is 1.76 bits per heavy atom. The van der Waals surface area contributed by atoms with Gasteiger partial charge in [0.15, 0.2) is 0 Å². The van der Waals surface area contributed by atoms with Gasteiger partial charge in [0, 0.05) is 11.3 Å². The van der Waals surface area contributed by atoms with Gasteiger partial charge in [-0.2, -0.15) is 0 Å². The molecule has 0 saturated carbocycles. The van der Waals surface area contributed by atoms with E-state index >= 15 is 0 Å². The fourth-order valence-corrected chi connectivity index (χ4v) is 1.72. The third kappa shape index (κ3) is 4.24. The number of nitrogens with one attached hydrogen (secondary N) is 3. The maximum absolute atomic E-state index is 11.7. The van der Waals surface area contributed by atoms with E-state index in [9.17, 15) is 14.7 Å². The number of amides is 3. The van der Waals surface area contributed by atoms with Crippen LogP contribution >= 0.6 is 0 Å². The number of carbonyl (C=O) groups is 2. The van der Waals surface area contributed by atoms with Crippen molar-refractivity contribution in [1.82, 2.24) is 10.9 Å². The van der Waals surface area contributed by atoms with Gasteiger partial charge in [-0.15, -0.1) is 0 Å². The first-order valence-corrected chi connectivity index (χ1v) is 6.27. The summed E-state index contributed by atoms with van der Waals surface area (Å²) in [5.41, 5.74) is 6.36. The molecule has 0 atom stereocenters. The summed E-state index contributed by atoms with van der Waals surface area (Å²) in [5.74, 6) is -0.544. The number of hydrogen-bond acceptors (Lipinski definition) is 3. The summed E-state index contributed by atoms with van der Waals surface area (Å²) in [6.45, 7) is 1.91. The van der Waals surface area contributed by atoms with Crippen molar-refractivity contribution in [3.63, 3.8) is 0 Å². The highest BCUT2D eigenvalue weighted by atomic mass is 16.3. The minimum absolute atomic E-state index is 0.0214. The van der Waals surface area contributed by atoms with E-state index in [0.29, 0.717) is 5.69 Å². The molecule has 0 aliphatic rings. The van der Waals surface area contributed by atoms with Crippen LogP contribution in [0.5, 0.6) is 5.75 Å². The first-order chi connectivity index (χ1) is 10.0. The normalized spacial score (nSPS) is 9.76. The largest absolute Gasteiger partial charge is 0.508 e. The Labute approximate surface area is 121 Å². The van der Waals surface area contributed by atoms with Crippen LogP contribution in [0.3, 0.4) is 0 Å². The lowest BCUT2D eigenvalue weighted by Gasteiger charge is -2.09. The van der Waals surface area contributed by atoms with Crippen LogP contribution in [0.25, 0.3) is 0 Å². The van der Waals surface area contributed by atoms with Crippen molar-refractivity contribution < 1.29 is 14.7 Å². The Morgan fingerprint density at radius 3 is 2.48 bits per heavy atom. The minimum Gasteiger partial charge on any atom is -0.508 e. The molecule has 0 heterocycles. The molecule has 21 heavy (non-hydrogen) atoms. The van der Waals surface area contributed by atoms with Crippen LogP contribution in [0.15, 0.2) is 48.5 Å². The summed E-state index contributed by atoms with van der Waals surface area (Å²) in [6, 6.07) is 12.5.